The third-order valence-corrected chi connectivity index (χ3v) is 25.1. The van der Waals surface area contributed by atoms with E-state index < -0.39 is 0 Å². The molecule has 4 nitrogen and oxygen atoms in total. The van der Waals surface area contributed by atoms with Crippen LogP contribution in [-0.4, -0.2) is 0 Å². The normalized spacial score (nSPS) is 13.2. The van der Waals surface area contributed by atoms with Crippen LogP contribution in [0.1, 0.15) is 74.9 Å². The Morgan fingerprint density at radius 3 is 0.669 bits per heavy atom. The van der Waals surface area contributed by atoms with Gasteiger partial charge in [-0.25, -0.2) is 0 Å². The summed E-state index contributed by atoms with van der Waals surface area (Å²) >= 11 is 0. The summed E-state index contributed by atoms with van der Waals surface area (Å²) in [5.41, 5.74) is 37.9. The van der Waals surface area contributed by atoms with E-state index in [0.29, 0.717) is 0 Å². The number of para-hydroxylation sites is 2. The van der Waals surface area contributed by atoms with E-state index in [1.807, 2.05) is 12.1 Å². The number of nitrogens with zero attached hydrogens (tertiary/aromatic N) is 2. The molecule has 0 atom stereocenters. The zero-order valence-corrected chi connectivity index (χ0v) is 68.8. The molecule has 0 unspecified atom stereocenters. The Kier molecular flexibility index (Phi) is 19.3. The molecule has 21 rings (SSSR count). The fourth-order valence-corrected chi connectivity index (χ4v) is 18.4. The summed E-state index contributed by atoms with van der Waals surface area (Å²) in [6.07, 6.45) is 0. The Balaban J connectivity index is 0.000000154. The van der Waals surface area contributed by atoms with Crippen molar-refractivity contribution in [1.82, 2.24) is 0 Å². The predicted molar refractivity (Wildman–Crippen MR) is 506 cm³/mol. The standard InChI is InChI=1S/C60H47NO.C57H43NO/c1-59(2)53-18-9-8-17-51(53)52-35-27-46(38-55(52)59)42-23-31-49(32-24-42)61(48-29-21-41(22-30-48)45-16-12-15-44(37-45)40-13-6-5-7-14-40)50-33-25-43(26-34-50)47-28-36-58-56(39-47)60(3,4)54-19-10-11-20-57(54)62-58;1-57(2)53-21-9-10-22-55(53)59-56-36-29-49(39-54(56)57)44-27-34-52(35-28-44)58(50-30-23-42(24-31-50)47-19-11-17-45(37-47)40-13-5-3-6-14-40)51-32-25-43(26-33-51)48-20-12-18-46(38-48)41-15-7-4-8-16-41/h5-39H,1-4H3;3-39H,1-2H3. The monoisotopic (exact) mass is 1550 g/mol. The van der Waals surface area contributed by atoms with Crippen molar-refractivity contribution in [2.24, 2.45) is 0 Å². The molecule has 0 fully saturated rings. The molecule has 1 aliphatic carbocycles. The maximum absolute atomic E-state index is 6.39. The summed E-state index contributed by atoms with van der Waals surface area (Å²) in [6, 6.07) is 158. The van der Waals surface area contributed by atoms with Gasteiger partial charge in [0.15, 0.2) is 0 Å². The Labute approximate surface area is 710 Å². The van der Waals surface area contributed by atoms with Gasteiger partial charge in [-0.2, -0.15) is 0 Å². The minimum atomic E-state index is -0.181. The molecule has 121 heavy (non-hydrogen) atoms. The molecule has 3 aliphatic rings. The topological polar surface area (TPSA) is 24.9 Å². The van der Waals surface area contributed by atoms with Crippen LogP contribution in [0.5, 0.6) is 23.0 Å². The maximum Gasteiger partial charge on any atom is 0.131 e. The largest absolute Gasteiger partial charge is 0.457 e. The van der Waals surface area contributed by atoms with Crippen LogP contribution in [-0.2, 0) is 16.2 Å². The summed E-state index contributed by atoms with van der Waals surface area (Å²) in [5.74, 6) is 3.72. The number of ether oxygens (including phenoxy) is 2. The van der Waals surface area contributed by atoms with E-state index in [1.54, 1.807) is 0 Å². The van der Waals surface area contributed by atoms with Gasteiger partial charge in [0.2, 0.25) is 0 Å². The fourth-order valence-electron chi connectivity index (χ4n) is 18.4. The molecule has 2 heterocycles. The zero-order chi connectivity index (χ0) is 81.8. The van der Waals surface area contributed by atoms with E-state index in [4.69, 9.17) is 9.47 Å². The van der Waals surface area contributed by atoms with Crippen LogP contribution in [0.2, 0.25) is 0 Å². The molecule has 18 aromatic rings. The molecule has 18 aromatic carbocycles. The van der Waals surface area contributed by atoms with E-state index in [0.717, 1.165) is 68.2 Å². The maximum atomic E-state index is 6.39. The Morgan fingerprint density at radius 1 is 0.149 bits per heavy atom. The molecule has 0 amide bonds. The van der Waals surface area contributed by atoms with Gasteiger partial charge in [-0.05, 0) is 256 Å². The zero-order valence-electron chi connectivity index (χ0n) is 68.8. The van der Waals surface area contributed by atoms with Crippen molar-refractivity contribution in [3.63, 3.8) is 0 Å². The average Bonchev–Trinajstić information content (AvgIpc) is 1.72. The van der Waals surface area contributed by atoms with Crippen molar-refractivity contribution in [1.29, 1.82) is 0 Å². The lowest BCUT2D eigenvalue weighted by Gasteiger charge is -2.34. The molecular formula is C117H90N2O2. The van der Waals surface area contributed by atoms with Gasteiger partial charge < -0.3 is 19.3 Å². The van der Waals surface area contributed by atoms with E-state index in [2.05, 4.69) is 476 Å². The molecule has 0 saturated carbocycles. The summed E-state index contributed by atoms with van der Waals surface area (Å²) in [6.45, 7) is 13.8. The van der Waals surface area contributed by atoms with Crippen LogP contribution in [0.3, 0.4) is 0 Å². The Morgan fingerprint density at radius 2 is 0.355 bits per heavy atom. The second-order valence-corrected chi connectivity index (χ2v) is 33.6. The summed E-state index contributed by atoms with van der Waals surface area (Å²) in [5, 5.41) is 0. The third-order valence-electron chi connectivity index (χ3n) is 25.1. The second kappa shape index (κ2) is 31.2. The number of hydrogen-bond acceptors (Lipinski definition) is 4. The minimum Gasteiger partial charge on any atom is -0.457 e. The smallest absolute Gasteiger partial charge is 0.131 e. The van der Waals surface area contributed by atoms with Crippen molar-refractivity contribution in [2.45, 2.75) is 57.8 Å². The van der Waals surface area contributed by atoms with Gasteiger partial charge in [0.05, 0.1) is 0 Å². The van der Waals surface area contributed by atoms with Crippen LogP contribution in [0, 0.1) is 0 Å². The van der Waals surface area contributed by atoms with Crippen molar-refractivity contribution >= 4 is 34.1 Å². The first kappa shape index (κ1) is 74.9. The molecule has 0 spiro atoms. The highest BCUT2D eigenvalue weighted by atomic mass is 16.5. The highest BCUT2D eigenvalue weighted by molar-refractivity contribution is 5.88. The van der Waals surface area contributed by atoms with E-state index in [-0.39, 0.29) is 16.2 Å². The first-order chi connectivity index (χ1) is 59.2. The van der Waals surface area contributed by atoms with Crippen LogP contribution >= 0.6 is 0 Å². The number of fused-ring (bicyclic) bond motifs is 7. The lowest BCUT2D eigenvalue weighted by atomic mass is 9.75. The van der Waals surface area contributed by atoms with Gasteiger partial charge in [0, 0.05) is 72.6 Å². The minimum absolute atomic E-state index is 0.0472. The van der Waals surface area contributed by atoms with Crippen LogP contribution in [0.25, 0.3) is 111 Å². The van der Waals surface area contributed by atoms with Crippen molar-refractivity contribution in [3.05, 3.63) is 470 Å². The van der Waals surface area contributed by atoms with Gasteiger partial charge in [0.25, 0.3) is 0 Å². The average molecular weight is 1560 g/mol. The molecule has 0 radical (unpaired) electrons. The summed E-state index contributed by atoms with van der Waals surface area (Å²) in [4.78, 5) is 4.71. The van der Waals surface area contributed by atoms with Gasteiger partial charge in [-0.3, -0.25) is 0 Å². The first-order valence-electron chi connectivity index (χ1n) is 42.0. The van der Waals surface area contributed by atoms with Crippen LogP contribution < -0.4 is 19.3 Å². The molecule has 0 aromatic heterocycles. The molecule has 0 N–H and O–H groups in total. The van der Waals surface area contributed by atoms with Gasteiger partial charge in [-0.1, -0.05) is 345 Å². The molecule has 0 saturated heterocycles. The van der Waals surface area contributed by atoms with Gasteiger partial charge in [0.1, 0.15) is 23.0 Å². The third kappa shape index (κ3) is 14.4. The number of anilines is 6. The fraction of sp³-hybridized carbons (Fsp3) is 0.0769. The number of hydrogen-bond donors (Lipinski definition) is 0. The van der Waals surface area contributed by atoms with Crippen LogP contribution in [0.4, 0.5) is 34.1 Å². The van der Waals surface area contributed by atoms with Gasteiger partial charge in [-0.15, -0.1) is 0 Å². The van der Waals surface area contributed by atoms with Crippen molar-refractivity contribution in [2.75, 3.05) is 9.80 Å². The lowest BCUT2D eigenvalue weighted by molar-refractivity contribution is 0.418. The summed E-state index contributed by atoms with van der Waals surface area (Å²) in [7, 11) is 0. The van der Waals surface area contributed by atoms with Crippen molar-refractivity contribution in [3.8, 4) is 134 Å². The Bertz CT molecular complexity index is 6720. The van der Waals surface area contributed by atoms with Gasteiger partial charge >= 0.3 is 0 Å². The van der Waals surface area contributed by atoms with E-state index in [1.165, 1.54) is 134 Å². The molecule has 0 bridgehead atoms. The first-order valence-corrected chi connectivity index (χ1v) is 42.0. The number of benzene rings is 18. The molecule has 580 valence electrons. The molecule has 2 aliphatic heterocycles. The molecule has 4 heteroatoms. The van der Waals surface area contributed by atoms with Crippen molar-refractivity contribution < 1.29 is 9.47 Å². The summed E-state index contributed by atoms with van der Waals surface area (Å²) < 4.78 is 12.8. The quantitative estimate of drug-likeness (QED) is 0.102. The lowest BCUT2D eigenvalue weighted by Crippen LogP contribution is -2.24. The predicted octanol–water partition coefficient (Wildman–Crippen LogP) is 32.5. The second-order valence-electron chi connectivity index (χ2n) is 33.6. The van der Waals surface area contributed by atoms with E-state index in [9.17, 15) is 0 Å². The highest BCUT2D eigenvalue weighted by Crippen LogP contribution is 2.53. The highest BCUT2D eigenvalue weighted by Gasteiger charge is 2.38. The Hall–Kier alpha value is -14.8. The SMILES string of the molecule is CC1(C)c2ccccc2Oc2ccc(-c3ccc(N(c4ccc(-c5cccc(-c6ccccc6)c5)cc4)c4ccc(-c5ccc6c(c5)C(C)(C)c5ccccc5-6)cc4)cc3)cc21.CC1(C)c2ccccc2Oc2ccc(-c3ccc(N(c4ccc(-c5cccc(-c6ccccc6)c5)cc4)c4ccc(-c5cccc(-c6ccccc6)c5)cc4)cc3)cc21. The molecular weight excluding hydrogens is 1470 g/mol. The number of rotatable bonds is 15. The van der Waals surface area contributed by atoms with Crippen LogP contribution in [0.15, 0.2) is 437 Å². The van der Waals surface area contributed by atoms with E-state index >= 15 is 0 Å².